The summed E-state index contributed by atoms with van der Waals surface area (Å²) in [7, 11) is 0. The van der Waals surface area contributed by atoms with Gasteiger partial charge in [0, 0.05) is 37.1 Å². The number of rotatable bonds is 8. The van der Waals surface area contributed by atoms with E-state index >= 15 is 0 Å². The Kier molecular flexibility index (Phi) is 7.13. The Labute approximate surface area is 197 Å². The molecule has 0 spiro atoms. The van der Waals surface area contributed by atoms with Crippen molar-refractivity contribution < 1.29 is 9.53 Å². The second-order valence-electron chi connectivity index (χ2n) is 8.05. The van der Waals surface area contributed by atoms with Crippen molar-refractivity contribution in [1.82, 2.24) is 14.5 Å². The van der Waals surface area contributed by atoms with Gasteiger partial charge in [0.2, 0.25) is 5.95 Å². The fourth-order valence-electron chi connectivity index (χ4n) is 3.95. The van der Waals surface area contributed by atoms with E-state index in [1.54, 1.807) is 23.8 Å². The first-order valence-corrected chi connectivity index (χ1v) is 11.7. The van der Waals surface area contributed by atoms with Gasteiger partial charge >= 0.3 is 0 Å². The van der Waals surface area contributed by atoms with Crippen LogP contribution in [-0.2, 0) is 11.3 Å². The highest BCUT2D eigenvalue weighted by Crippen LogP contribution is 2.28. The van der Waals surface area contributed by atoms with E-state index in [1.165, 1.54) is 6.42 Å². The molecule has 1 aromatic carbocycles. The van der Waals surface area contributed by atoms with Crippen LogP contribution in [-0.4, -0.2) is 40.0 Å². The number of halogens is 1. The van der Waals surface area contributed by atoms with Crippen LogP contribution in [0.3, 0.4) is 0 Å². The monoisotopic (exact) mass is 469 g/mol. The third-order valence-electron chi connectivity index (χ3n) is 5.79. The molecule has 1 aliphatic rings. The lowest BCUT2D eigenvalue weighted by molar-refractivity contribution is -0.120. The maximum Gasteiger partial charge on any atom is 0.293 e. The molecule has 0 aliphatic carbocycles. The zero-order valence-electron chi connectivity index (χ0n) is 18.9. The molecule has 1 saturated heterocycles. The summed E-state index contributed by atoms with van der Waals surface area (Å²) in [6, 6.07) is 7.35. The number of ether oxygens (including phenoxy) is 1. The molecule has 1 aliphatic heterocycles. The normalized spacial score (nSPS) is 13.8. The highest BCUT2D eigenvalue weighted by Gasteiger charge is 2.16. The van der Waals surface area contributed by atoms with Gasteiger partial charge in [0.25, 0.3) is 5.56 Å². The van der Waals surface area contributed by atoms with Gasteiger partial charge in [-0.2, -0.15) is 4.98 Å². The van der Waals surface area contributed by atoms with Crippen LogP contribution >= 0.6 is 11.6 Å². The van der Waals surface area contributed by atoms with Gasteiger partial charge in [-0.3, -0.25) is 9.59 Å². The smallest absolute Gasteiger partial charge is 0.293 e. The quantitative estimate of drug-likeness (QED) is 0.517. The molecule has 3 heterocycles. The molecule has 0 unspecified atom stereocenters. The van der Waals surface area contributed by atoms with Gasteiger partial charge < -0.3 is 19.5 Å². The van der Waals surface area contributed by atoms with E-state index in [0.29, 0.717) is 29.8 Å². The first-order valence-electron chi connectivity index (χ1n) is 11.4. The summed E-state index contributed by atoms with van der Waals surface area (Å²) >= 11 is 6.38. The highest BCUT2D eigenvalue weighted by atomic mass is 35.5. The average molecular weight is 470 g/mol. The number of nitrogens with zero attached hydrogens (tertiary/aromatic N) is 4. The van der Waals surface area contributed by atoms with Gasteiger partial charge in [-0.15, -0.1) is 0 Å². The number of hydrogen-bond donors (Lipinski definition) is 1. The van der Waals surface area contributed by atoms with Crippen molar-refractivity contribution in [2.45, 2.75) is 46.1 Å². The first-order chi connectivity index (χ1) is 16.0. The highest BCUT2D eigenvalue weighted by molar-refractivity contribution is 6.32. The van der Waals surface area contributed by atoms with Crippen molar-refractivity contribution >= 4 is 45.7 Å². The first kappa shape index (κ1) is 23.0. The molecule has 0 amide bonds. The molecule has 1 fully saturated rings. The number of fused-ring (bicyclic) bond motifs is 1. The summed E-state index contributed by atoms with van der Waals surface area (Å²) in [4.78, 5) is 35.7. The zero-order chi connectivity index (χ0) is 23.4. The van der Waals surface area contributed by atoms with Gasteiger partial charge in [0.1, 0.15) is 11.6 Å². The van der Waals surface area contributed by atoms with Crippen molar-refractivity contribution in [3.8, 4) is 5.75 Å². The number of carbonyl (C=O) groups excluding carboxylic acids is 1. The number of piperidine rings is 1. The summed E-state index contributed by atoms with van der Waals surface area (Å²) in [5.74, 6) is 1.30. The van der Waals surface area contributed by atoms with Crippen LogP contribution in [0, 0.1) is 0 Å². The van der Waals surface area contributed by atoms with Crippen molar-refractivity contribution in [2.24, 2.45) is 0 Å². The molecule has 1 N–H and O–H groups in total. The number of aromatic nitrogens is 3. The number of pyridine rings is 1. The van der Waals surface area contributed by atoms with Gasteiger partial charge in [-0.05, 0) is 50.5 Å². The molecule has 0 saturated carbocycles. The van der Waals surface area contributed by atoms with E-state index in [1.807, 2.05) is 25.1 Å². The molecule has 4 rings (SSSR count). The average Bonchev–Trinajstić information content (AvgIpc) is 2.84. The van der Waals surface area contributed by atoms with Crippen LogP contribution in [0.4, 0.5) is 17.5 Å². The largest absolute Gasteiger partial charge is 0.480 e. The van der Waals surface area contributed by atoms with Crippen molar-refractivity contribution in [2.75, 3.05) is 29.9 Å². The van der Waals surface area contributed by atoms with Crippen LogP contribution < -0.4 is 20.5 Å². The molecule has 33 heavy (non-hydrogen) atoms. The van der Waals surface area contributed by atoms with Crippen LogP contribution in [0.15, 0.2) is 35.3 Å². The SMILES string of the molecule is CCC(=O)COc1cc2cc(Nc3nc(N4CCCCC4)ncc3Cl)ccc2n(CC)c1=O. The molecule has 8 nitrogen and oxygen atoms in total. The minimum atomic E-state index is -0.250. The van der Waals surface area contributed by atoms with Crippen molar-refractivity contribution in [3.05, 3.63) is 45.8 Å². The van der Waals surface area contributed by atoms with Gasteiger partial charge in [0.05, 0.1) is 11.7 Å². The number of carbonyl (C=O) groups is 1. The number of benzene rings is 1. The summed E-state index contributed by atoms with van der Waals surface area (Å²) in [6.45, 7) is 5.91. The standard InChI is InChI=1S/C24H28ClN5O3/c1-3-18(31)15-33-21-13-16-12-17(8-9-20(16)30(4-2)23(21)32)27-22-19(25)14-26-24(28-22)29-10-6-5-7-11-29/h8-9,12-14H,3-7,10-11,15H2,1-2H3,(H,26,27,28). The second-order valence-corrected chi connectivity index (χ2v) is 8.46. The lowest BCUT2D eigenvalue weighted by atomic mass is 10.1. The van der Waals surface area contributed by atoms with Crippen LogP contribution in [0.5, 0.6) is 5.75 Å². The molecule has 2 aromatic heterocycles. The Bertz CT molecular complexity index is 1220. The number of Topliss-reactive ketones (excluding diaryl/α,β-unsaturated/α-hetero) is 1. The predicted molar refractivity (Wildman–Crippen MR) is 131 cm³/mol. The fraction of sp³-hybridized carbons (Fsp3) is 0.417. The minimum absolute atomic E-state index is 0.0594. The van der Waals surface area contributed by atoms with Crippen molar-refractivity contribution in [3.63, 3.8) is 0 Å². The summed E-state index contributed by atoms with van der Waals surface area (Å²) in [6.07, 6.45) is 5.48. The van der Waals surface area contributed by atoms with Gasteiger partial charge in [0.15, 0.2) is 17.4 Å². The second kappa shape index (κ2) is 10.2. The van der Waals surface area contributed by atoms with E-state index in [9.17, 15) is 9.59 Å². The van der Waals surface area contributed by atoms with Gasteiger partial charge in [-0.25, -0.2) is 4.98 Å². The number of hydrogen-bond acceptors (Lipinski definition) is 7. The predicted octanol–water partition coefficient (Wildman–Crippen LogP) is 4.56. The summed E-state index contributed by atoms with van der Waals surface area (Å²) in [5.41, 5.74) is 1.30. The maximum absolute atomic E-state index is 12.8. The maximum atomic E-state index is 12.8. The Balaban J connectivity index is 1.65. The van der Waals surface area contributed by atoms with Crippen LogP contribution in [0.2, 0.25) is 5.02 Å². The van der Waals surface area contributed by atoms with E-state index in [4.69, 9.17) is 16.3 Å². The Morgan fingerprint density at radius 3 is 2.70 bits per heavy atom. The summed E-state index contributed by atoms with van der Waals surface area (Å²) in [5, 5.41) is 4.52. The number of anilines is 3. The van der Waals surface area contributed by atoms with E-state index in [-0.39, 0.29) is 23.7 Å². The summed E-state index contributed by atoms with van der Waals surface area (Å²) < 4.78 is 7.19. The zero-order valence-corrected chi connectivity index (χ0v) is 19.7. The lowest BCUT2D eigenvalue weighted by Gasteiger charge is -2.26. The molecule has 0 atom stereocenters. The number of ketones is 1. The van der Waals surface area contributed by atoms with E-state index in [2.05, 4.69) is 20.2 Å². The lowest BCUT2D eigenvalue weighted by Crippen LogP contribution is -2.31. The van der Waals surface area contributed by atoms with Gasteiger partial charge in [-0.1, -0.05) is 18.5 Å². The topological polar surface area (TPSA) is 89.3 Å². The fourth-order valence-corrected chi connectivity index (χ4v) is 4.08. The van der Waals surface area contributed by atoms with E-state index < -0.39 is 0 Å². The Morgan fingerprint density at radius 2 is 1.97 bits per heavy atom. The Morgan fingerprint density at radius 1 is 1.18 bits per heavy atom. The number of aryl methyl sites for hydroxylation is 1. The molecular weight excluding hydrogens is 442 g/mol. The minimum Gasteiger partial charge on any atom is -0.480 e. The third-order valence-corrected chi connectivity index (χ3v) is 6.07. The Hall–Kier alpha value is -3.13. The molecule has 0 bridgehead atoms. The molecule has 3 aromatic rings. The molecule has 9 heteroatoms. The van der Waals surface area contributed by atoms with Crippen LogP contribution in [0.1, 0.15) is 39.5 Å². The molecule has 174 valence electrons. The molecule has 0 radical (unpaired) electrons. The van der Waals surface area contributed by atoms with Crippen LogP contribution in [0.25, 0.3) is 10.9 Å². The number of nitrogens with one attached hydrogen (secondary N) is 1. The third kappa shape index (κ3) is 5.11. The van der Waals surface area contributed by atoms with E-state index in [0.717, 1.165) is 42.5 Å². The molecular formula is C24H28ClN5O3. The van der Waals surface area contributed by atoms with Crippen molar-refractivity contribution in [1.29, 1.82) is 0 Å².